The third-order valence-electron chi connectivity index (χ3n) is 5.58. The molecule has 0 atom stereocenters. The van der Waals surface area contributed by atoms with E-state index in [9.17, 15) is 9.59 Å². The number of rotatable bonds is 9. The largest absolute Gasteiger partial charge is 0.461 e. The molecule has 0 aliphatic rings. The second-order valence-corrected chi connectivity index (χ2v) is 7.92. The standard InChI is InChI=1S/C28H28N2O4/c1-2-33-27(31)26-23(14-9-17-29-28(32)34-19-20-10-5-3-6-11-20)24-18-22(15-16-25(24)30-26)21-12-7-4-8-13-21/h3-8,10-13,15-16,18,30H,2,9,14,17,19H2,1H3,(H,29,32). The minimum absolute atomic E-state index is 0.227. The number of benzene rings is 3. The maximum atomic E-state index is 12.6. The van der Waals surface area contributed by atoms with Gasteiger partial charge in [0.1, 0.15) is 12.3 Å². The van der Waals surface area contributed by atoms with Gasteiger partial charge in [-0.1, -0.05) is 66.7 Å². The number of ether oxygens (including phenoxy) is 2. The zero-order chi connectivity index (χ0) is 23.8. The molecule has 1 aromatic heterocycles. The molecule has 0 aliphatic carbocycles. The molecule has 4 aromatic rings. The smallest absolute Gasteiger partial charge is 0.407 e. The number of nitrogens with one attached hydrogen (secondary N) is 2. The molecule has 0 saturated carbocycles. The summed E-state index contributed by atoms with van der Waals surface area (Å²) >= 11 is 0. The lowest BCUT2D eigenvalue weighted by molar-refractivity contribution is 0.0519. The molecular weight excluding hydrogens is 428 g/mol. The number of carbonyl (C=O) groups excluding carboxylic acids is 2. The van der Waals surface area contributed by atoms with Crippen LogP contribution in [0.15, 0.2) is 78.9 Å². The van der Waals surface area contributed by atoms with Crippen LogP contribution in [0.25, 0.3) is 22.0 Å². The molecule has 0 fully saturated rings. The van der Waals surface area contributed by atoms with Gasteiger partial charge in [-0.3, -0.25) is 0 Å². The summed E-state index contributed by atoms with van der Waals surface area (Å²) in [6, 6.07) is 25.8. The molecule has 0 spiro atoms. The van der Waals surface area contributed by atoms with Crippen LogP contribution in [0, 0.1) is 0 Å². The highest BCUT2D eigenvalue weighted by atomic mass is 16.5. The number of fused-ring (bicyclic) bond motifs is 1. The molecule has 34 heavy (non-hydrogen) atoms. The van der Waals surface area contributed by atoms with Crippen molar-refractivity contribution in [1.82, 2.24) is 10.3 Å². The molecule has 0 aliphatic heterocycles. The van der Waals surface area contributed by atoms with Crippen molar-refractivity contribution in [2.24, 2.45) is 0 Å². The van der Waals surface area contributed by atoms with E-state index in [1.807, 2.05) is 60.7 Å². The fraction of sp³-hybridized carbons (Fsp3) is 0.214. The highest BCUT2D eigenvalue weighted by molar-refractivity contribution is 5.99. The summed E-state index contributed by atoms with van der Waals surface area (Å²) in [4.78, 5) is 27.9. The van der Waals surface area contributed by atoms with E-state index in [2.05, 4.69) is 28.5 Å². The summed E-state index contributed by atoms with van der Waals surface area (Å²) in [6.45, 7) is 2.75. The minimum Gasteiger partial charge on any atom is -0.461 e. The highest BCUT2D eigenvalue weighted by Gasteiger charge is 2.19. The molecule has 3 aromatic carbocycles. The lowest BCUT2D eigenvalue weighted by atomic mass is 10.00. The van der Waals surface area contributed by atoms with Crippen LogP contribution in [0.2, 0.25) is 0 Å². The first kappa shape index (κ1) is 23.1. The van der Waals surface area contributed by atoms with Crippen LogP contribution in [-0.2, 0) is 22.5 Å². The zero-order valence-corrected chi connectivity index (χ0v) is 19.2. The van der Waals surface area contributed by atoms with Gasteiger partial charge in [0.15, 0.2) is 0 Å². The maximum absolute atomic E-state index is 12.6. The van der Waals surface area contributed by atoms with E-state index < -0.39 is 6.09 Å². The van der Waals surface area contributed by atoms with Crippen molar-refractivity contribution >= 4 is 23.0 Å². The van der Waals surface area contributed by atoms with Gasteiger partial charge >= 0.3 is 12.1 Å². The molecule has 2 N–H and O–H groups in total. The summed E-state index contributed by atoms with van der Waals surface area (Å²) in [6.07, 6.45) is 0.792. The van der Waals surface area contributed by atoms with Crippen LogP contribution >= 0.6 is 0 Å². The van der Waals surface area contributed by atoms with Gasteiger partial charge in [-0.25, -0.2) is 9.59 Å². The van der Waals surface area contributed by atoms with Crippen LogP contribution in [0.3, 0.4) is 0 Å². The number of carbonyl (C=O) groups is 2. The van der Waals surface area contributed by atoms with Gasteiger partial charge in [-0.05, 0) is 54.2 Å². The summed E-state index contributed by atoms with van der Waals surface area (Å²) in [5.74, 6) is -0.370. The Bertz CT molecular complexity index is 1250. The first-order valence-electron chi connectivity index (χ1n) is 11.5. The van der Waals surface area contributed by atoms with Gasteiger partial charge in [0, 0.05) is 17.4 Å². The van der Waals surface area contributed by atoms with Crippen LogP contribution in [0.1, 0.15) is 35.0 Å². The Morgan fingerprint density at radius 1 is 0.882 bits per heavy atom. The summed E-state index contributed by atoms with van der Waals surface area (Å²) in [5, 5.41) is 3.77. The highest BCUT2D eigenvalue weighted by Crippen LogP contribution is 2.29. The predicted molar refractivity (Wildman–Crippen MR) is 133 cm³/mol. The van der Waals surface area contributed by atoms with Crippen LogP contribution < -0.4 is 5.32 Å². The first-order valence-corrected chi connectivity index (χ1v) is 11.5. The Labute approximate surface area is 198 Å². The quantitative estimate of drug-likeness (QED) is 0.244. The van der Waals surface area contributed by atoms with E-state index in [-0.39, 0.29) is 12.6 Å². The van der Waals surface area contributed by atoms with E-state index in [0.717, 1.165) is 33.2 Å². The molecule has 6 heteroatoms. The van der Waals surface area contributed by atoms with Gasteiger partial charge in [-0.15, -0.1) is 0 Å². The number of esters is 1. The van der Waals surface area contributed by atoms with Gasteiger partial charge in [0.2, 0.25) is 0 Å². The molecule has 174 valence electrons. The van der Waals surface area contributed by atoms with Gasteiger partial charge in [0.05, 0.1) is 6.61 Å². The molecule has 0 radical (unpaired) electrons. The summed E-state index contributed by atoms with van der Waals surface area (Å²) < 4.78 is 10.5. The van der Waals surface area contributed by atoms with Crippen molar-refractivity contribution in [1.29, 1.82) is 0 Å². The predicted octanol–water partition coefficient (Wildman–Crippen LogP) is 5.87. The summed E-state index contributed by atoms with van der Waals surface area (Å²) in [7, 11) is 0. The number of aryl methyl sites for hydroxylation is 1. The summed E-state index contributed by atoms with van der Waals surface area (Å²) in [5.41, 5.74) is 5.36. The SMILES string of the molecule is CCOC(=O)c1[nH]c2ccc(-c3ccccc3)cc2c1CCCNC(=O)OCc1ccccc1. The number of hydrogen-bond donors (Lipinski definition) is 2. The lowest BCUT2D eigenvalue weighted by Crippen LogP contribution is -2.25. The second kappa shape index (κ2) is 11.2. The Balaban J connectivity index is 1.45. The maximum Gasteiger partial charge on any atom is 0.407 e. The van der Waals surface area contributed by atoms with Crippen molar-refractivity contribution in [3.8, 4) is 11.1 Å². The topological polar surface area (TPSA) is 80.4 Å². The van der Waals surface area contributed by atoms with Crippen LogP contribution in [-0.4, -0.2) is 30.2 Å². The molecule has 1 heterocycles. The number of alkyl carbamates (subject to hydrolysis) is 1. The Morgan fingerprint density at radius 3 is 2.35 bits per heavy atom. The van der Waals surface area contributed by atoms with Crippen LogP contribution in [0.4, 0.5) is 4.79 Å². The zero-order valence-electron chi connectivity index (χ0n) is 19.2. The van der Waals surface area contributed by atoms with Crippen molar-refractivity contribution in [2.75, 3.05) is 13.2 Å². The number of aromatic nitrogens is 1. The Hall–Kier alpha value is -4.06. The minimum atomic E-state index is -0.459. The fourth-order valence-corrected chi connectivity index (χ4v) is 3.92. The van der Waals surface area contributed by atoms with Gasteiger partial charge < -0.3 is 19.8 Å². The van der Waals surface area contributed by atoms with Gasteiger partial charge in [0.25, 0.3) is 0 Å². The number of amides is 1. The molecular formula is C28H28N2O4. The molecule has 0 bridgehead atoms. The lowest BCUT2D eigenvalue weighted by Gasteiger charge is -2.08. The Kier molecular flexibility index (Phi) is 7.60. The third-order valence-corrected chi connectivity index (χ3v) is 5.58. The first-order chi connectivity index (χ1) is 16.7. The average Bonchev–Trinajstić information content (AvgIpc) is 3.24. The normalized spacial score (nSPS) is 10.7. The number of H-pyrrole nitrogens is 1. The van der Waals surface area contributed by atoms with E-state index in [4.69, 9.17) is 9.47 Å². The van der Waals surface area contributed by atoms with E-state index >= 15 is 0 Å². The molecule has 6 nitrogen and oxygen atoms in total. The fourth-order valence-electron chi connectivity index (χ4n) is 3.92. The van der Waals surface area contributed by atoms with E-state index in [1.165, 1.54) is 0 Å². The average molecular weight is 457 g/mol. The van der Waals surface area contributed by atoms with E-state index in [1.54, 1.807) is 6.92 Å². The molecule has 1 amide bonds. The van der Waals surface area contributed by atoms with Crippen molar-refractivity contribution in [2.45, 2.75) is 26.4 Å². The van der Waals surface area contributed by atoms with Crippen molar-refractivity contribution in [3.63, 3.8) is 0 Å². The monoisotopic (exact) mass is 456 g/mol. The molecule has 0 saturated heterocycles. The number of aromatic amines is 1. The molecule has 0 unspecified atom stereocenters. The van der Waals surface area contributed by atoms with E-state index in [0.29, 0.717) is 31.7 Å². The Morgan fingerprint density at radius 2 is 1.62 bits per heavy atom. The third kappa shape index (κ3) is 5.64. The van der Waals surface area contributed by atoms with Gasteiger partial charge in [-0.2, -0.15) is 0 Å². The number of hydrogen-bond acceptors (Lipinski definition) is 4. The molecule has 4 rings (SSSR count). The van der Waals surface area contributed by atoms with Crippen molar-refractivity contribution in [3.05, 3.63) is 95.7 Å². The second-order valence-electron chi connectivity index (χ2n) is 7.92. The van der Waals surface area contributed by atoms with Crippen LogP contribution in [0.5, 0.6) is 0 Å². The van der Waals surface area contributed by atoms with Crippen molar-refractivity contribution < 1.29 is 19.1 Å².